The third kappa shape index (κ3) is 3.69. The van der Waals surface area contributed by atoms with E-state index in [1.54, 1.807) is 0 Å². The summed E-state index contributed by atoms with van der Waals surface area (Å²) in [5.74, 6) is -0.782. The number of carboxylic acids is 1. The van der Waals surface area contributed by atoms with Gasteiger partial charge in [0, 0.05) is 37.1 Å². The van der Waals surface area contributed by atoms with Crippen LogP contribution in [0, 0.1) is 16.0 Å². The minimum atomic E-state index is -1.18. The molecule has 0 saturated carbocycles. The van der Waals surface area contributed by atoms with Crippen molar-refractivity contribution in [1.29, 1.82) is 0 Å². The van der Waals surface area contributed by atoms with E-state index in [-0.39, 0.29) is 17.3 Å². The van der Waals surface area contributed by atoms with Crippen LogP contribution < -0.4 is 5.32 Å². The second-order valence-electron chi connectivity index (χ2n) is 5.17. The van der Waals surface area contributed by atoms with Crippen LogP contribution in [0.1, 0.15) is 30.1 Å². The zero-order chi connectivity index (χ0) is 15.4. The highest BCUT2D eigenvalue weighted by atomic mass is 16.6. The molecule has 1 aliphatic heterocycles. The van der Waals surface area contributed by atoms with E-state index in [9.17, 15) is 20.0 Å². The van der Waals surface area contributed by atoms with Crippen LogP contribution in [0.2, 0.25) is 0 Å². The number of hydrogen-bond donors (Lipinski definition) is 2. The third-order valence-electron chi connectivity index (χ3n) is 3.80. The van der Waals surface area contributed by atoms with Gasteiger partial charge < -0.3 is 15.2 Å². The van der Waals surface area contributed by atoms with Crippen LogP contribution in [0.15, 0.2) is 18.2 Å². The molecule has 0 bridgehead atoms. The van der Waals surface area contributed by atoms with Gasteiger partial charge in [0.15, 0.2) is 0 Å². The molecule has 0 aliphatic carbocycles. The van der Waals surface area contributed by atoms with Crippen molar-refractivity contribution in [3.63, 3.8) is 0 Å². The van der Waals surface area contributed by atoms with Crippen LogP contribution in [0.25, 0.3) is 0 Å². The van der Waals surface area contributed by atoms with Crippen LogP contribution in [-0.4, -0.2) is 35.3 Å². The van der Waals surface area contributed by atoms with Crippen molar-refractivity contribution in [2.45, 2.75) is 25.8 Å². The fourth-order valence-corrected chi connectivity index (χ4v) is 2.53. The lowest BCUT2D eigenvalue weighted by Crippen LogP contribution is -2.31. The van der Waals surface area contributed by atoms with Crippen molar-refractivity contribution in [2.24, 2.45) is 5.92 Å². The van der Waals surface area contributed by atoms with Crippen molar-refractivity contribution in [3.8, 4) is 0 Å². The Kier molecular flexibility index (Phi) is 4.74. The van der Waals surface area contributed by atoms with E-state index in [0.717, 1.165) is 18.9 Å². The monoisotopic (exact) mass is 294 g/mol. The van der Waals surface area contributed by atoms with Crippen LogP contribution in [0.4, 0.5) is 11.4 Å². The summed E-state index contributed by atoms with van der Waals surface area (Å²) in [6, 6.07) is 3.93. The first-order valence-corrected chi connectivity index (χ1v) is 6.85. The van der Waals surface area contributed by atoms with E-state index in [2.05, 4.69) is 5.32 Å². The Morgan fingerprint density at radius 1 is 1.48 bits per heavy atom. The van der Waals surface area contributed by atoms with E-state index in [1.165, 1.54) is 12.1 Å². The molecule has 2 N–H and O–H groups in total. The second kappa shape index (κ2) is 6.53. The molecule has 0 aromatic heterocycles. The van der Waals surface area contributed by atoms with Crippen molar-refractivity contribution >= 4 is 17.3 Å². The van der Waals surface area contributed by atoms with Gasteiger partial charge in [0.1, 0.15) is 0 Å². The van der Waals surface area contributed by atoms with Gasteiger partial charge in [0.2, 0.25) is 0 Å². The molecule has 2 rings (SSSR count). The quantitative estimate of drug-likeness (QED) is 0.639. The summed E-state index contributed by atoms with van der Waals surface area (Å²) in [6.07, 6.45) is 1.84. The number of nitro benzene ring substituents is 1. The summed E-state index contributed by atoms with van der Waals surface area (Å²) < 4.78 is 5.31. The number of ether oxygens (including phenoxy) is 1. The first-order valence-electron chi connectivity index (χ1n) is 6.85. The van der Waals surface area contributed by atoms with Crippen LogP contribution >= 0.6 is 0 Å². The summed E-state index contributed by atoms with van der Waals surface area (Å²) in [7, 11) is 0. The summed E-state index contributed by atoms with van der Waals surface area (Å²) >= 11 is 0. The molecular weight excluding hydrogens is 276 g/mol. The summed E-state index contributed by atoms with van der Waals surface area (Å²) in [5, 5.41) is 23.1. The molecule has 0 amide bonds. The highest BCUT2D eigenvalue weighted by molar-refractivity contribution is 5.95. The first kappa shape index (κ1) is 15.2. The van der Waals surface area contributed by atoms with Gasteiger partial charge in [-0.25, -0.2) is 4.79 Å². The smallest absolute Gasteiger partial charge is 0.338 e. The number of aromatic carboxylic acids is 1. The number of rotatable bonds is 5. The maximum Gasteiger partial charge on any atom is 0.338 e. The first-order chi connectivity index (χ1) is 9.99. The Morgan fingerprint density at radius 3 is 2.71 bits per heavy atom. The number of anilines is 1. The molecule has 114 valence electrons. The minimum Gasteiger partial charge on any atom is -0.478 e. The van der Waals surface area contributed by atoms with Crippen LogP contribution in [0.3, 0.4) is 0 Å². The van der Waals surface area contributed by atoms with Gasteiger partial charge >= 0.3 is 5.97 Å². The van der Waals surface area contributed by atoms with Gasteiger partial charge in [-0.1, -0.05) is 0 Å². The lowest BCUT2D eigenvalue weighted by atomic mass is 9.92. The van der Waals surface area contributed by atoms with E-state index in [0.29, 0.717) is 24.8 Å². The molecule has 1 heterocycles. The SMILES string of the molecule is CC(Nc1ccc([N+](=O)[O-])cc1C(=O)O)C1CCOCC1. The molecule has 1 fully saturated rings. The normalized spacial score (nSPS) is 17.2. The molecule has 1 aromatic rings. The summed E-state index contributed by atoms with van der Waals surface area (Å²) in [5.41, 5.74) is 0.104. The number of carboxylic acid groups (broad SMARTS) is 1. The van der Waals surface area contributed by atoms with Gasteiger partial charge in [-0.2, -0.15) is 0 Å². The molecule has 1 atom stereocenters. The lowest BCUT2D eigenvalue weighted by molar-refractivity contribution is -0.384. The fraction of sp³-hybridized carbons (Fsp3) is 0.500. The van der Waals surface area contributed by atoms with Crippen LogP contribution in [-0.2, 0) is 4.74 Å². The standard InChI is InChI=1S/C14H18N2O5/c1-9(10-4-6-21-7-5-10)15-13-3-2-11(16(19)20)8-12(13)14(17)18/h2-3,8-10,15H,4-7H2,1H3,(H,17,18). The Hall–Kier alpha value is -2.15. The summed E-state index contributed by atoms with van der Waals surface area (Å²) in [6.45, 7) is 3.41. The van der Waals surface area contributed by atoms with E-state index in [1.807, 2.05) is 6.92 Å². The number of hydrogen-bond acceptors (Lipinski definition) is 5. The van der Waals surface area contributed by atoms with Gasteiger partial charge in [0.25, 0.3) is 5.69 Å². The highest BCUT2D eigenvalue weighted by Crippen LogP contribution is 2.26. The number of nitrogens with zero attached hydrogens (tertiary/aromatic N) is 1. The van der Waals surface area contributed by atoms with Gasteiger partial charge in [-0.3, -0.25) is 10.1 Å². The lowest BCUT2D eigenvalue weighted by Gasteiger charge is -2.29. The van der Waals surface area contributed by atoms with E-state index in [4.69, 9.17) is 4.74 Å². The average molecular weight is 294 g/mol. The fourth-order valence-electron chi connectivity index (χ4n) is 2.53. The van der Waals surface area contributed by atoms with Gasteiger partial charge in [0.05, 0.1) is 10.5 Å². The molecule has 1 saturated heterocycles. The Bertz CT molecular complexity index is 540. The molecule has 7 nitrogen and oxygen atoms in total. The number of benzene rings is 1. The van der Waals surface area contributed by atoms with Gasteiger partial charge in [-0.05, 0) is 31.7 Å². The number of carbonyl (C=O) groups is 1. The largest absolute Gasteiger partial charge is 0.478 e. The summed E-state index contributed by atoms with van der Waals surface area (Å²) in [4.78, 5) is 21.4. The predicted octanol–water partition coefficient (Wildman–Crippen LogP) is 2.52. The van der Waals surface area contributed by atoms with Crippen molar-refractivity contribution < 1.29 is 19.6 Å². The minimum absolute atomic E-state index is 0.0773. The zero-order valence-corrected chi connectivity index (χ0v) is 11.7. The van der Waals surface area contributed by atoms with Crippen molar-refractivity contribution in [2.75, 3.05) is 18.5 Å². The van der Waals surface area contributed by atoms with Crippen molar-refractivity contribution in [1.82, 2.24) is 0 Å². The average Bonchev–Trinajstić information content (AvgIpc) is 2.48. The highest BCUT2D eigenvalue weighted by Gasteiger charge is 2.23. The van der Waals surface area contributed by atoms with Gasteiger partial charge in [-0.15, -0.1) is 0 Å². The maximum absolute atomic E-state index is 11.3. The Morgan fingerprint density at radius 2 is 2.14 bits per heavy atom. The third-order valence-corrected chi connectivity index (χ3v) is 3.80. The molecule has 0 spiro atoms. The van der Waals surface area contributed by atoms with E-state index >= 15 is 0 Å². The molecule has 1 aromatic carbocycles. The second-order valence-corrected chi connectivity index (χ2v) is 5.17. The molecular formula is C14H18N2O5. The number of non-ortho nitro benzene ring substituents is 1. The molecule has 7 heteroatoms. The topological polar surface area (TPSA) is 102 Å². The Balaban J connectivity index is 2.18. The predicted molar refractivity (Wildman–Crippen MR) is 76.7 cm³/mol. The molecule has 1 aliphatic rings. The zero-order valence-electron chi connectivity index (χ0n) is 11.7. The number of nitrogens with one attached hydrogen (secondary N) is 1. The van der Waals surface area contributed by atoms with Crippen molar-refractivity contribution in [3.05, 3.63) is 33.9 Å². The van der Waals surface area contributed by atoms with E-state index < -0.39 is 10.9 Å². The molecule has 0 radical (unpaired) electrons. The van der Waals surface area contributed by atoms with Crippen LogP contribution in [0.5, 0.6) is 0 Å². The Labute approximate surface area is 122 Å². The molecule has 1 unspecified atom stereocenters. The number of nitro groups is 1. The molecule has 21 heavy (non-hydrogen) atoms. The maximum atomic E-state index is 11.3.